The number of rotatable bonds is 4. The Kier molecular flexibility index (Phi) is 3.44. The van der Waals surface area contributed by atoms with Crippen LogP contribution in [0.3, 0.4) is 0 Å². The smallest absolute Gasteiger partial charge is 0.342 e. The average molecular weight is 227 g/mol. The highest BCUT2D eigenvalue weighted by Gasteiger charge is 2.16. The number of hydrogen-bond acceptors (Lipinski definition) is 6. The maximum atomic E-state index is 11.2. The Balaban J connectivity index is 2.99. The molecule has 0 saturated heterocycles. The van der Waals surface area contributed by atoms with E-state index in [2.05, 4.69) is 10.4 Å². The van der Waals surface area contributed by atoms with Crippen LogP contribution < -0.4 is 21.7 Å². The number of H-pyrrole nitrogens is 2. The lowest BCUT2D eigenvalue weighted by atomic mass is 10.1. The van der Waals surface area contributed by atoms with Crippen LogP contribution in [0.5, 0.6) is 0 Å². The lowest BCUT2D eigenvalue weighted by Gasteiger charge is -2.22. The van der Waals surface area contributed by atoms with Gasteiger partial charge in [-0.15, -0.1) is 5.10 Å². The van der Waals surface area contributed by atoms with Crippen LogP contribution in [0.4, 0.5) is 5.82 Å². The largest absolute Gasteiger partial charge is 0.548 e. The summed E-state index contributed by atoms with van der Waals surface area (Å²) in [6.45, 7) is 3.29. The van der Waals surface area contributed by atoms with Gasteiger partial charge in [0.15, 0.2) is 0 Å². The first kappa shape index (κ1) is 12.0. The van der Waals surface area contributed by atoms with Crippen molar-refractivity contribution in [1.29, 1.82) is 0 Å². The number of aromatic amines is 2. The van der Waals surface area contributed by atoms with E-state index in [0.29, 0.717) is 0 Å². The van der Waals surface area contributed by atoms with E-state index in [0.717, 1.165) is 0 Å². The molecule has 0 aromatic carbocycles. The molecular weight excluding hydrogens is 216 g/mol. The Hall–Kier alpha value is -2.12. The van der Waals surface area contributed by atoms with Crippen molar-refractivity contribution in [3.8, 4) is 0 Å². The summed E-state index contributed by atoms with van der Waals surface area (Å²) in [4.78, 5) is 34.5. The molecule has 8 heteroatoms. The topological polar surface area (TPSA) is 131 Å². The van der Waals surface area contributed by atoms with E-state index >= 15 is 0 Å². The lowest BCUT2D eigenvalue weighted by molar-refractivity contribution is -0.307. The third kappa shape index (κ3) is 2.69. The summed E-state index contributed by atoms with van der Waals surface area (Å²) in [7, 11) is 0. The van der Waals surface area contributed by atoms with Crippen LogP contribution in [0.2, 0.25) is 0 Å². The average Bonchev–Trinajstić information content (AvgIpc) is 2.15. The van der Waals surface area contributed by atoms with Crippen LogP contribution in [0, 0.1) is 5.92 Å². The van der Waals surface area contributed by atoms with Gasteiger partial charge in [-0.3, -0.25) is 9.78 Å². The lowest BCUT2D eigenvalue weighted by Crippen LogP contribution is -2.45. The predicted molar refractivity (Wildman–Crippen MR) is 52.7 cm³/mol. The Morgan fingerprint density at radius 3 is 2.50 bits per heavy atom. The zero-order valence-corrected chi connectivity index (χ0v) is 8.73. The Bertz CT molecular complexity index is 489. The second kappa shape index (κ2) is 4.60. The summed E-state index contributed by atoms with van der Waals surface area (Å²) in [5.41, 5.74) is -1.54. The van der Waals surface area contributed by atoms with Crippen LogP contribution in [0.1, 0.15) is 13.8 Å². The fourth-order valence-electron chi connectivity index (χ4n) is 1.09. The number of hydrogen-bond donors (Lipinski definition) is 3. The van der Waals surface area contributed by atoms with Crippen molar-refractivity contribution >= 4 is 11.8 Å². The zero-order chi connectivity index (χ0) is 12.3. The van der Waals surface area contributed by atoms with Gasteiger partial charge in [0.25, 0.3) is 5.56 Å². The molecule has 1 rings (SSSR count). The number of nitrogens with zero attached hydrogens (tertiary/aromatic N) is 1. The molecule has 1 atom stereocenters. The molecule has 0 saturated carbocycles. The molecule has 0 aliphatic heterocycles. The van der Waals surface area contributed by atoms with Gasteiger partial charge in [0.05, 0.1) is 12.0 Å². The normalized spacial score (nSPS) is 12.4. The first-order valence-electron chi connectivity index (χ1n) is 4.58. The van der Waals surface area contributed by atoms with Gasteiger partial charge in [0.2, 0.25) is 5.82 Å². The molecule has 0 unspecified atom stereocenters. The fraction of sp³-hybridized carbons (Fsp3) is 0.500. The molecule has 1 heterocycles. The molecule has 1 aromatic heterocycles. The minimum Gasteiger partial charge on any atom is -0.548 e. The molecule has 0 aliphatic carbocycles. The maximum absolute atomic E-state index is 11.2. The molecule has 0 bridgehead atoms. The minimum absolute atomic E-state index is 0.262. The minimum atomic E-state index is -1.34. The predicted octanol–water partition coefficient (Wildman–Crippen LogP) is -2.36. The highest BCUT2D eigenvalue weighted by molar-refractivity contribution is 5.74. The summed E-state index contributed by atoms with van der Waals surface area (Å²) in [5, 5.41) is 18.5. The zero-order valence-electron chi connectivity index (χ0n) is 8.73. The number of aromatic nitrogens is 3. The second-order valence-electron chi connectivity index (χ2n) is 3.54. The quantitative estimate of drug-likeness (QED) is 0.527. The van der Waals surface area contributed by atoms with E-state index in [4.69, 9.17) is 0 Å². The number of carboxylic acids is 1. The van der Waals surface area contributed by atoms with Crippen LogP contribution in [0.15, 0.2) is 9.59 Å². The van der Waals surface area contributed by atoms with Crippen LogP contribution >= 0.6 is 0 Å². The monoisotopic (exact) mass is 227 g/mol. The van der Waals surface area contributed by atoms with Crippen LogP contribution in [0.25, 0.3) is 0 Å². The van der Waals surface area contributed by atoms with Gasteiger partial charge in [0, 0.05) is 0 Å². The number of carbonyl (C=O) groups is 1. The summed E-state index contributed by atoms with van der Waals surface area (Å²) in [6.07, 6.45) is 0. The van der Waals surface area contributed by atoms with Gasteiger partial charge in [-0.2, -0.15) is 0 Å². The van der Waals surface area contributed by atoms with E-state index in [1.807, 2.05) is 10.1 Å². The molecule has 88 valence electrons. The number of carbonyl (C=O) groups excluding carboxylic acids is 1. The molecule has 0 spiro atoms. The molecule has 1 aromatic rings. The number of nitrogens with one attached hydrogen (secondary N) is 3. The SMILES string of the molecule is CC(C)[C@@H](Nc1n[nH]c(=O)[nH]c1=O)C(=O)[O-]. The third-order valence-electron chi connectivity index (χ3n) is 1.92. The molecule has 16 heavy (non-hydrogen) atoms. The van der Waals surface area contributed by atoms with Gasteiger partial charge in [-0.1, -0.05) is 13.8 Å². The summed E-state index contributed by atoms with van der Waals surface area (Å²) in [5.74, 6) is -1.90. The van der Waals surface area contributed by atoms with E-state index in [1.54, 1.807) is 13.8 Å². The third-order valence-corrected chi connectivity index (χ3v) is 1.92. The first-order valence-corrected chi connectivity index (χ1v) is 4.58. The van der Waals surface area contributed by atoms with E-state index in [1.165, 1.54) is 0 Å². The highest BCUT2D eigenvalue weighted by Crippen LogP contribution is 2.05. The van der Waals surface area contributed by atoms with Crippen molar-refractivity contribution in [3.63, 3.8) is 0 Å². The Labute approximate surface area is 89.7 Å². The van der Waals surface area contributed by atoms with Gasteiger partial charge in [0.1, 0.15) is 0 Å². The second-order valence-corrected chi connectivity index (χ2v) is 3.54. The molecule has 8 nitrogen and oxygen atoms in total. The van der Waals surface area contributed by atoms with Gasteiger partial charge < -0.3 is 15.2 Å². The Morgan fingerprint density at radius 1 is 1.44 bits per heavy atom. The summed E-state index contributed by atoms with van der Waals surface area (Å²) < 4.78 is 0. The molecule has 0 aliphatic rings. The standard InChI is InChI=1S/C8H12N4O4/c1-3(2)4(7(14)15)9-5-6(13)10-8(16)12-11-5/h3-4H,1-2H3,(H,9,11)(H,14,15)(H2,10,12,13,16)/p-1/t4-/m1/s1. The number of carboxylic acid groups (broad SMARTS) is 1. The first-order chi connectivity index (χ1) is 7.41. The van der Waals surface area contributed by atoms with Crippen LogP contribution in [-0.2, 0) is 4.79 Å². The van der Waals surface area contributed by atoms with Gasteiger partial charge in [-0.25, -0.2) is 9.89 Å². The van der Waals surface area contributed by atoms with Gasteiger partial charge in [-0.05, 0) is 5.92 Å². The molecule has 3 N–H and O–H groups in total. The van der Waals surface area contributed by atoms with Crippen molar-refractivity contribution in [2.45, 2.75) is 19.9 Å². The summed E-state index contributed by atoms with van der Waals surface area (Å²) in [6, 6.07) is -1.06. The molecule has 0 radical (unpaired) electrons. The van der Waals surface area contributed by atoms with Crippen molar-refractivity contribution < 1.29 is 9.90 Å². The van der Waals surface area contributed by atoms with Crippen molar-refractivity contribution in [2.24, 2.45) is 5.92 Å². The summed E-state index contributed by atoms with van der Waals surface area (Å²) >= 11 is 0. The fourth-order valence-corrected chi connectivity index (χ4v) is 1.09. The highest BCUT2D eigenvalue weighted by atomic mass is 16.4. The van der Waals surface area contributed by atoms with Crippen molar-refractivity contribution in [1.82, 2.24) is 15.2 Å². The van der Waals surface area contributed by atoms with Crippen LogP contribution in [-0.4, -0.2) is 27.2 Å². The van der Waals surface area contributed by atoms with Crippen molar-refractivity contribution in [3.05, 3.63) is 20.8 Å². The number of aliphatic carboxylic acids is 1. The van der Waals surface area contributed by atoms with E-state index in [-0.39, 0.29) is 11.7 Å². The Morgan fingerprint density at radius 2 is 2.06 bits per heavy atom. The van der Waals surface area contributed by atoms with E-state index in [9.17, 15) is 19.5 Å². The molecular formula is C8H11N4O4-. The van der Waals surface area contributed by atoms with E-state index < -0.39 is 23.3 Å². The maximum Gasteiger partial charge on any atom is 0.342 e. The molecule has 0 fully saturated rings. The van der Waals surface area contributed by atoms with Gasteiger partial charge >= 0.3 is 5.69 Å². The van der Waals surface area contributed by atoms with Crippen molar-refractivity contribution in [2.75, 3.05) is 5.32 Å². The molecule has 0 amide bonds. The number of anilines is 1.